The molecule has 5 rings (SSSR count). The minimum Gasteiger partial charge on any atom is -0.494 e. The van der Waals surface area contributed by atoms with Gasteiger partial charge in [0.15, 0.2) is 0 Å². The molecule has 0 amide bonds. The summed E-state index contributed by atoms with van der Waals surface area (Å²) in [6, 6.07) is 11.1. The van der Waals surface area contributed by atoms with Crippen LogP contribution in [0.15, 0.2) is 48.8 Å². The summed E-state index contributed by atoms with van der Waals surface area (Å²) in [5.74, 6) is -0.709. The number of aryl methyl sites for hydroxylation is 1. The van der Waals surface area contributed by atoms with Gasteiger partial charge in [-0.25, -0.2) is 18.7 Å². The Morgan fingerprint density at radius 3 is 2.66 bits per heavy atom. The number of aromatic nitrogens is 5. The van der Waals surface area contributed by atoms with Crippen LogP contribution in [0.4, 0.5) is 14.6 Å². The third-order valence-electron chi connectivity index (χ3n) is 5.87. The van der Waals surface area contributed by atoms with E-state index in [4.69, 9.17) is 9.72 Å². The molecule has 9 heteroatoms. The fourth-order valence-electron chi connectivity index (χ4n) is 4.41. The SMILES string of the molecule is COc1cccc2nc(-c3ccc(N4CC(F)(F)C[C@@H]4C)nc3)n(Cc3ccn(C)n3)c12. The minimum atomic E-state index is -2.69. The van der Waals surface area contributed by atoms with E-state index in [1.165, 1.54) is 0 Å². The van der Waals surface area contributed by atoms with Crippen LogP contribution in [-0.2, 0) is 13.6 Å². The molecule has 0 spiro atoms. The molecule has 1 fully saturated rings. The number of anilines is 1. The summed E-state index contributed by atoms with van der Waals surface area (Å²) in [5, 5.41) is 4.50. The standard InChI is InChI=1S/C23H24F2N6O/c1-15-11-23(24,25)14-31(15)20-8-7-16(12-26-20)22-27-18-5-4-6-19(32-3)21(18)30(22)13-17-9-10-29(2)28-17/h4-10,12,15H,11,13-14H2,1-3H3/t15-/m0/s1. The fourth-order valence-corrected chi connectivity index (χ4v) is 4.41. The number of alkyl halides is 2. The molecule has 0 aliphatic carbocycles. The molecule has 4 aromatic rings. The van der Waals surface area contributed by atoms with Crippen molar-refractivity contribution in [3.8, 4) is 17.1 Å². The van der Waals surface area contributed by atoms with Gasteiger partial charge in [-0.2, -0.15) is 5.10 Å². The Morgan fingerprint density at radius 2 is 2.03 bits per heavy atom. The molecule has 7 nitrogen and oxygen atoms in total. The topological polar surface area (TPSA) is 61.0 Å². The van der Waals surface area contributed by atoms with Crippen LogP contribution in [0.25, 0.3) is 22.4 Å². The van der Waals surface area contributed by atoms with Gasteiger partial charge in [-0.1, -0.05) is 6.07 Å². The number of halogens is 2. The van der Waals surface area contributed by atoms with E-state index < -0.39 is 5.92 Å². The lowest BCUT2D eigenvalue weighted by Gasteiger charge is -2.22. The predicted octanol–water partition coefficient (Wildman–Crippen LogP) is 4.12. The van der Waals surface area contributed by atoms with Crippen molar-refractivity contribution < 1.29 is 13.5 Å². The number of hydrogen-bond donors (Lipinski definition) is 0. The molecule has 1 aliphatic rings. The maximum atomic E-state index is 13.8. The first kappa shape index (κ1) is 20.4. The highest BCUT2D eigenvalue weighted by molar-refractivity contribution is 5.86. The molecule has 0 saturated carbocycles. The first-order chi connectivity index (χ1) is 15.3. The Bertz CT molecular complexity index is 1260. The number of hydrogen-bond acceptors (Lipinski definition) is 5. The third kappa shape index (κ3) is 3.57. The summed E-state index contributed by atoms with van der Waals surface area (Å²) in [5.41, 5.74) is 3.35. The van der Waals surface area contributed by atoms with E-state index in [2.05, 4.69) is 14.6 Å². The zero-order valence-corrected chi connectivity index (χ0v) is 18.2. The molecule has 0 N–H and O–H groups in total. The van der Waals surface area contributed by atoms with Crippen LogP contribution in [0, 0.1) is 0 Å². The normalized spacial score (nSPS) is 17.9. The average molecular weight is 438 g/mol. The van der Waals surface area contributed by atoms with E-state index in [0.717, 1.165) is 28.0 Å². The Balaban J connectivity index is 1.57. The second-order valence-corrected chi connectivity index (χ2v) is 8.27. The minimum absolute atomic E-state index is 0.157. The van der Waals surface area contributed by atoms with Crippen LogP contribution in [0.3, 0.4) is 0 Å². The largest absolute Gasteiger partial charge is 0.494 e. The molecule has 0 bridgehead atoms. The van der Waals surface area contributed by atoms with Crippen LogP contribution < -0.4 is 9.64 Å². The number of para-hydroxylation sites is 1. The first-order valence-corrected chi connectivity index (χ1v) is 10.5. The molecule has 1 aromatic carbocycles. The molecular formula is C23H24F2N6O. The second-order valence-electron chi connectivity index (χ2n) is 8.27. The lowest BCUT2D eigenvalue weighted by molar-refractivity contribution is 0.0229. The summed E-state index contributed by atoms with van der Waals surface area (Å²) < 4.78 is 37.1. The molecular weight excluding hydrogens is 414 g/mol. The van der Waals surface area contributed by atoms with Gasteiger partial charge in [-0.15, -0.1) is 0 Å². The van der Waals surface area contributed by atoms with Crippen molar-refractivity contribution >= 4 is 16.9 Å². The number of pyridine rings is 1. The highest BCUT2D eigenvalue weighted by Crippen LogP contribution is 2.36. The Labute approximate surface area is 184 Å². The van der Waals surface area contributed by atoms with Crippen molar-refractivity contribution in [3.05, 3.63) is 54.5 Å². The van der Waals surface area contributed by atoms with Crippen molar-refractivity contribution in [2.24, 2.45) is 7.05 Å². The maximum absolute atomic E-state index is 13.8. The summed E-state index contributed by atoms with van der Waals surface area (Å²) in [7, 11) is 3.51. The van der Waals surface area contributed by atoms with Crippen LogP contribution in [0.1, 0.15) is 19.0 Å². The zero-order chi connectivity index (χ0) is 22.5. The molecule has 0 unspecified atom stereocenters. The predicted molar refractivity (Wildman–Crippen MR) is 118 cm³/mol. The molecule has 1 atom stereocenters. The van der Waals surface area contributed by atoms with Gasteiger partial charge >= 0.3 is 0 Å². The first-order valence-electron chi connectivity index (χ1n) is 10.5. The van der Waals surface area contributed by atoms with Crippen LogP contribution >= 0.6 is 0 Å². The van der Waals surface area contributed by atoms with Crippen molar-refractivity contribution in [3.63, 3.8) is 0 Å². The number of nitrogens with zero attached hydrogens (tertiary/aromatic N) is 6. The highest BCUT2D eigenvalue weighted by atomic mass is 19.3. The monoisotopic (exact) mass is 438 g/mol. The van der Waals surface area contributed by atoms with E-state index in [-0.39, 0.29) is 19.0 Å². The summed E-state index contributed by atoms with van der Waals surface area (Å²) >= 11 is 0. The van der Waals surface area contributed by atoms with Crippen molar-refractivity contribution in [1.29, 1.82) is 0 Å². The zero-order valence-electron chi connectivity index (χ0n) is 18.2. The Hall–Kier alpha value is -3.49. The molecule has 0 radical (unpaired) electrons. The molecule has 32 heavy (non-hydrogen) atoms. The van der Waals surface area contributed by atoms with Crippen molar-refractivity contribution in [2.45, 2.75) is 31.9 Å². The van der Waals surface area contributed by atoms with Gasteiger partial charge in [0.25, 0.3) is 5.92 Å². The number of imidazole rings is 1. The van der Waals surface area contributed by atoms with E-state index in [0.29, 0.717) is 18.2 Å². The van der Waals surface area contributed by atoms with Crippen molar-refractivity contribution in [1.82, 2.24) is 24.3 Å². The second kappa shape index (κ2) is 7.58. The van der Waals surface area contributed by atoms with Gasteiger partial charge in [0.05, 0.1) is 31.4 Å². The van der Waals surface area contributed by atoms with Gasteiger partial charge in [0.1, 0.15) is 22.9 Å². The quantitative estimate of drug-likeness (QED) is 0.469. The maximum Gasteiger partial charge on any atom is 0.267 e. The van der Waals surface area contributed by atoms with Gasteiger partial charge in [0, 0.05) is 37.5 Å². The van der Waals surface area contributed by atoms with E-state index in [1.54, 1.807) is 35.9 Å². The third-order valence-corrected chi connectivity index (χ3v) is 5.87. The van der Waals surface area contributed by atoms with Gasteiger partial charge < -0.3 is 14.2 Å². The molecule has 1 saturated heterocycles. The van der Waals surface area contributed by atoms with Crippen molar-refractivity contribution in [2.75, 3.05) is 18.6 Å². The summed E-state index contributed by atoms with van der Waals surface area (Å²) in [6.07, 6.45) is 3.44. The Morgan fingerprint density at radius 1 is 1.19 bits per heavy atom. The van der Waals surface area contributed by atoms with E-state index >= 15 is 0 Å². The summed E-state index contributed by atoms with van der Waals surface area (Å²) in [4.78, 5) is 11.0. The van der Waals surface area contributed by atoms with Crippen LogP contribution in [0.5, 0.6) is 5.75 Å². The van der Waals surface area contributed by atoms with Crippen LogP contribution in [0.2, 0.25) is 0 Å². The molecule has 1 aliphatic heterocycles. The number of ether oxygens (including phenoxy) is 1. The van der Waals surface area contributed by atoms with Crippen LogP contribution in [-0.4, -0.2) is 49.9 Å². The number of fused-ring (bicyclic) bond motifs is 1. The lowest BCUT2D eigenvalue weighted by Crippen LogP contribution is -2.29. The van der Waals surface area contributed by atoms with E-state index in [1.807, 2.05) is 43.6 Å². The fraction of sp³-hybridized carbons (Fsp3) is 0.348. The smallest absolute Gasteiger partial charge is 0.267 e. The molecule has 166 valence electrons. The molecule has 4 heterocycles. The van der Waals surface area contributed by atoms with Gasteiger partial charge in [0.2, 0.25) is 0 Å². The summed E-state index contributed by atoms with van der Waals surface area (Å²) in [6.45, 7) is 2.00. The number of methoxy groups -OCH3 is 1. The Kier molecular flexibility index (Phi) is 4.83. The lowest BCUT2D eigenvalue weighted by atomic mass is 10.2. The highest BCUT2D eigenvalue weighted by Gasteiger charge is 2.43. The van der Waals surface area contributed by atoms with Gasteiger partial charge in [-0.3, -0.25) is 4.68 Å². The van der Waals surface area contributed by atoms with E-state index in [9.17, 15) is 8.78 Å². The number of rotatable bonds is 5. The molecule has 3 aromatic heterocycles. The number of benzene rings is 1. The average Bonchev–Trinajstić information content (AvgIpc) is 3.43. The van der Waals surface area contributed by atoms with Gasteiger partial charge in [-0.05, 0) is 37.3 Å².